The van der Waals surface area contributed by atoms with Crippen molar-refractivity contribution in [1.82, 2.24) is 10.2 Å². The van der Waals surface area contributed by atoms with Crippen LogP contribution in [0.5, 0.6) is 0 Å². The lowest BCUT2D eigenvalue weighted by Crippen LogP contribution is -2.66. The van der Waals surface area contributed by atoms with E-state index in [0.29, 0.717) is 6.04 Å². The molecule has 24 heavy (non-hydrogen) atoms. The Bertz CT molecular complexity index is 610. The van der Waals surface area contributed by atoms with Crippen LogP contribution in [0.3, 0.4) is 0 Å². The van der Waals surface area contributed by atoms with Gasteiger partial charge in [-0.3, -0.25) is 4.90 Å². The van der Waals surface area contributed by atoms with Crippen LogP contribution in [-0.4, -0.2) is 35.2 Å². The fourth-order valence-electron chi connectivity index (χ4n) is 4.17. The number of carbonyl (C=O) groups is 1. The lowest BCUT2D eigenvalue weighted by atomic mass is 9.57. The average molecular weight is 330 g/mol. The first-order valence-corrected chi connectivity index (χ1v) is 8.94. The third-order valence-corrected chi connectivity index (χ3v) is 5.85. The number of nitrogens with one attached hydrogen (secondary N) is 1. The van der Waals surface area contributed by atoms with Gasteiger partial charge in [0.1, 0.15) is 5.60 Å². The third-order valence-electron chi connectivity index (χ3n) is 5.85. The predicted octanol–water partition coefficient (Wildman–Crippen LogP) is 4.13. The summed E-state index contributed by atoms with van der Waals surface area (Å²) in [5.41, 5.74) is 0.844. The molecule has 1 aliphatic heterocycles. The Hall–Kier alpha value is -1.55. The molecule has 4 heteroatoms. The maximum atomic E-state index is 12.3. The van der Waals surface area contributed by atoms with E-state index in [1.165, 1.54) is 5.56 Å². The number of benzene rings is 1. The lowest BCUT2D eigenvalue weighted by Gasteiger charge is -2.52. The second-order valence-electron chi connectivity index (χ2n) is 8.76. The summed E-state index contributed by atoms with van der Waals surface area (Å²) >= 11 is 0. The van der Waals surface area contributed by atoms with Crippen molar-refractivity contribution in [3.63, 3.8) is 0 Å². The van der Waals surface area contributed by atoms with Crippen molar-refractivity contribution in [2.75, 3.05) is 13.1 Å². The Morgan fingerprint density at radius 3 is 2.42 bits per heavy atom. The molecule has 1 aliphatic carbocycles. The minimum Gasteiger partial charge on any atom is -0.444 e. The van der Waals surface area contributed by atoms with Gasteiger partial charge in [-0.25, -0.2) is 4.79 Å². The van der Waals surface area contributed by atoms with Crippen LogP contribution >= 0.6 is 0 Å². The Labute approximate surface area is 145 Å². The summed E-state index contributed by atoms with van der Waals surface area (Å²) in [4.78, 5) is 14.8. The van der Waals surface area contributed by atoms with Gasteiger partial charge in [0.2, 0.25) is 0 Å². The largest absolute Gasteiger partial charge is 0.444 e. The summed E-state index contributed by atoms with van der Waals surface area (Å²) in [6.07, 6.45) is 1.89. The van der Waals surface area contributed by atoms with Crippen molar-refractivity contribution in [2.45, 2.75) is 64.6 Å². The van der Waals surface area contributed by atoms with Gasteiger partial charge < -0.3 is 10.1 Å². The average Bonchev–Trinajstić information content (AvgIpc) is 2.68. The highest BCUT2D eigenvalue weighted by Gasteiger charge is 2.63. The SMILES string of the molecule is C[C@H](c1ccccc1)N1C[C@@]2(C)CC[C@@]2(NC(=O)OC(C)(C)C)C1. The summed E-state index contributed by atoms with van der Waals surface area (Å²) in [6.45, 7) is 12.2. The summed E-state index contributed by atoms with van der Waals surface area (Å²) in [7, 11) is 0. The number of nitrogens with zero attached hydrogens (tertiary/aromatic N) is 1. The maximum absolute atomic E-state index is 12.3. The van der Waals surface area contributed by atoms with Crippen molar-refractivity contribution in [3.05, 3.63) is 35.9 Å². The first-order valence-electron chi connectivity index (χ1n) is 8.94. The first kappa shape index (κ1) is 17.3. The zero-order chi connectivity index (χ0) is 17.6. The van der Waals surface area contributed by atoms with Crippen LogP contribution in [-0.2, 0) is 4.74 Å². The van der Waals surface area contributed by atoms with E-state index in [-0.39, 0.29) is 17.0 Å². The van der Waals surface area contributed by atoms with E-state index in [4.69, 9.17) is 4.74 Å². The zero-order valence-electron chi connectivity index (χ0n) is 15.6. The molecule has 1 saturated heterocycles. The number of ether oxygens (including phenoxy) is 1. The van der Waals surface area contributed by atoms with Gasteiger partial charge in [0.05, 0.1) is 5.54 Å². The molecule has 1 N–H and O–H groups in total. The van der Waals surface area contributed by atoms with Crippen LogP contribution < -0.4 is 5.32 Å². The molecule has 1 aromatic carbocycles. The third kappa shape index (κ3) is 3.04. The Morgan fingerprint density at radius 1 is 1.21 bits per heavy atom. The van der Waals surface area contributed by atoms with Crippen LogP contribution in [0.4, 0.5) is 4.79 Å². The van der Waals surface area contributed by atoms with E-state index in [1.54, 1.807) is 0 Å². The molecule has 1 aromatic rings. The van der Waals surface area contributed by atoms with Crippen LogP contribution in [0.1, 0.15) is 59.1 Å². The highest BCUT2D eigenvalue weighted by molar-refractivity contribution is 5.69. The van der Waals surface area contributed by atoms with Crippen molar-refractivity contribution in [1.29, 1.82) is 0 Å². The molecule has 1 saturated carbocycles. The van der Waals surface area contributed by atoms with Crippen LogP contribution in [0, 0.1) is 5.41 Å². The maximum Gasteiger partial charge on any atom is 0.408 e. The van der Waals surface area contributed by atoms with Gasteiger partial charge in [-0.1, -0.05) is 37.3 Å². The number of rotatable bonds is 3. The van der Waals surface area contributed by atoms with E-state index in [1.807, 2.05) is 20.8 Å². The summed E-state index contributed by atoms with van der Waals surface area (Å²) in [5.74, 6) is 0. The number of hydrogen-bond acceptors (Lipinski definition) is 3. The molecule has 0 radical (unpaired) electrons. The number of alkyl carbamates (subject to hydrolysis) is 1. The summed E-state index contributed by atoms with van der Waals surface area (Å²) < 4.78 is 5.50. The molecular weight excluding hydrogens is 300 g/mol. The first-order chi connectivity index (χ1) is 11.1. The number of likely N-dealkylation sites (tertiary alicyclic amines) is 1. The van der Waals surface area contributed by atoms with Gasteiger partial charge in [-0.05, 0) is 46.1 Å². The van der Waals surface area contributed by atoms with Gasteiger partial charge in [-0.15, -0.1) is 0 Å². The molecule has 2 fully saturated rings. The number of hydrogen-bond donors (Lipinski definition) is 1. The van der Waals surface area contributed by atoms with Gasteiger partial charge in [0.15, 0.2) is 0 Å². The monoisotopic (exact) mass is 330 g/mol. The molecule has 0 aromatic heterocycles. The van der Waals surface area contributed by atoms with Crippen molar-refractivity contribution < 1.29 is 9.53 Å². The molecule has 4 nitrogen and oxygen atoms in total. The Balaban J connectivity index is 1.72. The van der Waals surface area contributed by atoms with E-state index in [2.05, 4.69) is 54.4 Å². The molecule has 1 heterocycles. The molecule has 0 bridgehead atoms. The molecule has 132 valence electrons. The highest BCUT2D eigenvalue weighted by Crippen LogP contribution is 2.56. The summed E-state index contributed by atoms with van der Waals surface area (Å²) in [6, 6.07) is 10.9. The van der Waals surface area contributed by atoms with Crippen LogP contribution in [0.2, 0.25) is 0 Å². The highest BCUT2D eigenvalue weighted by atomic mass is 16.6. The van der Waals surface area contributed by atoms with Crippen molar-refractivity contribution in [2.24, 2.45) is 5.41 Å². The normalized spacial score (nSPS) is 31.0. The van der Waals surface area contributed by atoms with E-state index in [9.17, 15) is 4.79 Å². The summed E-state index contributed by atoms with van der Waals surface area (Å²) in [5, 5.41) is 3.22. The predicted molar refractivity (Wildman–Crippen MR) is 95.9 cm³/mol. The molecule has 2 aliphatic rings. The fraction of sp³-hybridized carbons (Fsp3) is 0.650. The molecular formula is C20H30N2O2. The molecule has 1 amide bonds. The molecule has 3 atom stereocenters. The van der Waals surface area contributed by atoms with Gasteiger partial charge in [0, 0.05) is 24.5 Å². The lowest BCUT2D eigenvalue weighted by molar-refractivity contribution is 0.00511. The van der Waals surface area contributed by atoms with Crippen molar-refractivity contribution in [3.8, 4) is 0 Å². The minimum atomic E-state index is -0.462. The van der Waals surface area contributed by atoms with Crippen molar-refractivity contribution >= 4 is 6.09 Å². The molecule has 0 unspecified atom stereocenters. The van der Waals surface area contributed by atoms with Crippen LogP contribution in [0.15, 0.2) is 30.3 Å². The Kier molecular flexibility index (Phi) is 4.15. The molecule has 3 rings (SSSR count). The van der Waals surface area contributed by atoms with E-state index >= 15 is 0 Å². The second-order valence-corrected chi connectivity index (χ2v) is 8.76. The minimum absolute atomic E-state index is 0.132. The number of fused-ring (bicyclic) bond motifs is 1. The van der Waals surface area contributed by atoms with Crippen LogP contribution in [0.25, 0.3) is 0 Å². The topological polar surface area (TPSA) is 41.6 Å². The quantitative estimate of drug-likeness (QED) is 0.906. The molecule has 0 spiro atoms. The number of amides is 1. The zero-order valence-corrected chi connectivity index (χ0v) is 15.6. The smallest absolute Gasteiger partial charge is 0.408 e. The van der Waals surface area contributed by atoms with Gasteiger partial charge >= 0.3 is 6.09 Å². The van der Waals surface area contributed by atoms with E-state index in [0.717, 1.165) is 25.9 Å². The number of carbonyl (C=O) groups excluding carboxylic acids is 1. The van der Waals surface area contributed by atoms with Gasteiger partial charge in [-0.2, -0.15) is 0 Å². The second kappa shape index (κ2) is 5.76. The standard InChI is InChI=1S/C20H30N2O2/c1-15(16-9-7-6-8-10-16)22-13-19(5)11-12-20(19,14-22)21-17(23)24-18(2,3)4/h6-10,15H,11-14H2,1-5H3,(H,21,23)/t15-,19-,20-/m1/s1. The fourth-order valence-corrected chi connectivity index (χ4v) is 4.17. The Morgan fingerprint density at radius 2 is 1.88 bits per heavy atom. The van der Waals surface area contributed by atoms with Gasteiger partial charge in [0.25, 0.3) is 0 Å². The van der Waals surface area contributed by atoms with E-state index < -0.39 is 5.60 Å².